The summed E-state index contributed by atoms with van der Waals surface area (Å²) >= 11 is 0. The third-order valence-electron chi connectivity index (χ3n) is 7.40. The van der Waals surface area contributed by atoms with Crippen LogP contribution in [0.1, 0.15) is 53.2 Å². The van der Waals surface area contributed by atoms with E-state index in [1.54, 1.807) is 17.0 Å². The average molecular weight is 527 g/mol. The SMILES string of the molecule is CC(=O)N(CC(=O)C1CCC1)Cc1ccc(-c2ccc(CC(NC(=O)c3ccccc3C)C(=O)O)cc2)cc1. The molecule has 1 aliphatic rings. The smallest absolute Gasteiger partial charge is 0.326 e. The number of hydrogen-bond donors (Lipinski definition) is 2. The molecule has 1 atom stereocenters. The van der Waals surface area contributed by atoms with E-state index < -0.39 is 17.9 Å². The van der Waals surface area contributed by atoms with Crippen molar-refractivity contribution in [2.45, 2.75) is 52.1 Å². The number of hydrogen-bond acceptors (Lipinski definition) is 4. The van der Waals surface area contributed by atoms with Gasteiger partial charge in [0.25, 0.3) is 5.91 Å². The molecule has 1 fully saturated rings. The van der Waals surface area contributed by atoms with Crippen LogP contribution in [0.4, 0.5) is 0 Å². The topological polar surface area (TPSA) is 104 Å². The Kier molecular flexibility index (Phi) is 8.92. The number of Topliss-reactive ketones (excluding diaryl/α,β-unsaturated/α-hetero) is 1. The normalized spacial score (nSPS) is 13.7. The zero-order valence-corrected chi connectivity index (χ0v) is 22.4. The fourth-order valence-electron chi connectivity index (χ4n) is 4.68. The van der Waals surface area contributed by atoms with Gasteiger partial charge < -0.3 is 15.3 Å². The zero-order chi connectivity index (χ0) is 27.9. The first kappa shape index (κ1) is 27.8. The number of nitrogens with zero attached hydrogens (tertiary/aromatic N) is 1. The third kappa shape index (κ3) is 7.19. The Morgan fingerprint density at radius 2 is 1.49 bits per heavy atom. The lowest BCUT2D eigenvalue weighted by Gasteiger charge is -2.28. The van der Waals surface area contributed by atoms with Gasteiger partial charge in [-0.3, -0.25) is 14.4 Å². The van der Waals surface area contributed by atoms with E-state index in [0.29, 0.717) is 12.1 Å². The van der Waals surface area contributed by atoms with Crippen LogP contribution in [-0.2, 0) is 27.3 Å². The highest BCUT2D eigenvalue weighted by Gasteiger charge is 2.27. The van der Waals surface area contributed by atoms with Crippen molar-refractivity contribution >= 4 is 23.6 Å². The molecule has 0 aliphatic heterocycles. The molecule has 1 saturated carbocycles. The number of carboxylic acid groups (broad SMARTS) is 1. The van der Waals surface area contributed by atoms with E-state index in [1.165, 1.54) is 6.92 Å². The Bertz CT molecular complexity index is 1340. The Morgan fingerprint density at radius 3 is 2.00 bits per heavy atom. The number of carbonyl (C=O) groups excluding carboxylic acids is 3. The molecule has 2 amide bonds. The summed E-state index contributed by atoms with van der Waals surface area (Å²) < 4.78 is 0. The Balaban J connectivity index is 1.37. The second kappa shape index (κ2) is 12.5. The predicted octanol–water partition coefficient (Wildman–Crippen LogP) is 4.81. The van der Waals surface area contributed by atoms with Gasteiger partial charge in [-0.25, -0.2) is 4.79 Å². The third-order valence-corrected chi connectivity index (χ3v) is 7.40. The summed E-state index contributed by atoms with van der Waals surface area (Å²) in [4.78, 5) is 50.6. The molecule has 1 unspecified atom stereocenters. The molecule has 7 heteroatoms. The lowest BCUT2D eigenvalue weighted by Crippen LogP contribution is -2.42. The molecule has 0 saturated heterocycles. The lowest BCUT2D eigenvalue weighted by atomic mass is 9.82. The molecule has 2 N–H and O–H groups in total. The van der Waals surface area contributed by atoms with Gasteiger partial charge in [0, 0.05) is 31.4 Å². The summed E-state index contributed by atoms with van der Waals surface area (Å²) in [7, 11) is 0. The fourth-order valence-corrected chi connectivity index (χ4v) is 4.68. The van der Waals surface area contributed by atoms with Crippen LogP contribution in [0.15, 0.2) is 72.8 Å². The number of ketones is 1. The molecule has 0 spiro atoms. The summed E-state index contributed by atoms with van der Waals surface area (Å²) in [6.07, 6.45) is 3.10. The minimum atomic E-state index is -1.09. The second-order valence-corrected chi connectivity index (χ2v) is 10.2. The van der Waals surface area contributed by atoms with Crippen LogP contribution in [0, 0.1) is 12.8 Å². The van der Waals surface area contributed by atoms with E-state index in [2.05, 4.69) is 5.32 Å². The van der Waals surface area contributed by atoms with Crippen LogP contribution in [0.5, 0.6) is 0 Å². The van der Waals surface area contributed by atoms with Crippen LogP contribution < -0.4 is 5.32 Å². The van der Waals surface area contributed by atoms with Crippen molar-refractivity contribution < 1.29 is 24.3 Å². The fraction of sp³-hybridized carbons (Fsp3) is 0.312. The van der Waals surface area contributed by atoms with Gasteiger partial charge in [-0.1, -0.05) is 73.2 Å². The molecule has 4 rings (SSSR count). The van der Waals surface area contributed by atoms with Gasteiger partial charge in [-0.15, -0.1) is 0 Å². The largest absolute Gasteiger partial charge is 0.480 e. The number of rotatable bonds is 11. The summed E-state index contributed by atoms with van der Waals surface area (Å²) in [6, 6.07) is 21.4. The molecule has 1 aliphatic carbocycles. The van der Waals surface area contributed by atoms with Gasteiger partial charge >= 0.3 is 5.97 Å². The Labute approximate surface area is 228 Å². The molecule has 0 radical (unpaired) electrons. The van der Waals surface area contributed by atoms with Crippen LogP contribution in [0.3, 0.4) is 0 Å². The van der Waals surface area contributed by atoms with Crippen LogP contribution in [-0.4, -0.2) is 46.2 Å². The Hall–Kier alpha value is -4.26. The minimum Gasteiger partial charge on any atom is -0.480 e. The monoisotopic (exact) mass is 526 g/mol. The maximum atomic E-state index is 12.6. The van der Waals surface area contributed by atoms with E-state index in [9.17, 15) is 24.3 Å². The van der Waals surface area contributed by atoms with Crippen molar-refractivity contribution in [3.05, 3.63) is 95.1 Å². The van der Waals surface area contributed by atoms with Crippen molar-refractivity contribution in [3.63, 3.8) is 0 Å². The highest BCUT2D eigenvalue weighted by molar-refractivity contribution is 5.97. The van der Waals surface area contributed by atoms with E-state index in [0.717, 1.165) is 47.1 Å². The number of nitrogens with one attached hydrogen (secondary N) is 1. The number of amides is 2. The molecule has 39 heavy (non-hydrogen) atoms. The highest BCUT2D eigenvalue weighted by atomic mass is 16.4. The second-order valence-electron chi connectivity index (χ2n) is 10.2. The zero-order valence-electron chi connectivity index (χ0n) is 22.4. The molecule has 3 aromatic carbocycles. The van der Waals surface area contributed by atoms with Gasteiger partial charge in [-0.2, -0.15) is 0 Å². The number of carbonyl (C=O) groups is 4. The van der Waals surface area contributed by atoms with Crippen LogP contribution in [0.25, 0.3) is 11.1 Å². The first-order chi connectivity index (χ1) is 18.7. The summed E-state index contributed by atoms with van der Waals surface area (Å²) in [5.74, 6) is -1.36. The maximum absolute atomic E-state index is 12.6. The van der Waals surface area contributed by atoms with Crippen LogP contribution in [0.2, 0.25) is 0 Å². The van der Waals surface area contributed by atoms with Gasteiger partial charge in [0.2, 0.25) is 5.91 Å². The number of carboxylic acids is 1. The van der Waals surface area contributed by atoms with Crippen molar-refractivity contribution in [3.8, 4) is 11.1 Å². The van der Waals surface area contributed by atoms with Crippen molar-refractivity contribution in [2.75, 3.05) is 6.54 Å². The van der Waals surface area contributed by atoms with Crippen molar-refractivity contribution in [2.24, 2.45) is 5.92 Å². The van der Waals surface area contributed by atoms with E-state index in [1.807, 2.05) is 67.6 Å². The lowest BCUT2D eigenvalue weighted by molar-refractivity contribution is -0.139. The molecule has 202 valence electrons. The summed E-state index contributed by atoms with van der Waals surface area (Å²) in [5.41, 5.74) is 4.92. The van der Waals surface area contributed by atoms with E-state index in [4.69, 9.17) is 0 Å². The molecule has 0 heterocycles. The number of aryl methyl sites for hydroxylation is 1. The highest BCUT2D eigenvalue weighted by Crippen LogP contribution is 2.27. The average Bonchev–Trinajstić information content (AvgIpc) is 2.88. The first-order valence-corrected chi connectivity index (χ1v) is 13.3. The van der Waals surface area contributed by atoms with Crippen molar-refractivity contribution in [1.82, 2.24) is 10.2 Å². The molecule has 0 aromatic heterocycles. The predicted molar refractivity (Wildman–Crippen MR) is 149 cm³/mol. The van der Waals surface area contributed by atoms with Gasteiger partial charge in [-0.05, 0) is 53.6 Å². The van der Waals surface area contributed by atoms with Gasteiger partial charge in [0.15, 0.2) is 5.78 Å². The Morgan fingerprint density at radius 1 is 0.897 bits per heavy atom. The van der Waals surface area contributed by atoms with Gasteiger partial charge in [0.1, 0.15) is 6.04 Å². The molecular weight excluding hydrogens is 492 g/mol. The van der Waals surface area contributed by atoms with Crippen molar-refractivity contribution in [1.29, 1.82) is 0 Å². The molecular formula is C32H34N2O5. The van der Waals surface area contributed by atoms with E-state index in [-0.39, 0.29) is 30.6 Å². The number of benzene rings is 3. The standard InChI is InChI=1S/C32H34N2O5/c1-21-6-3-4-9-28(21)31(37)33-29(32(38)39)18-23-10-14-25(15-11-23)26-16-12-24(13-17-26)19-34(22(2)35)20-30(36)27-7-5-8-27/h3-4,6,9-17,27,29H,5,7-8,18-20H2,1-2H3,(H,33,37)(H,38,39). The minimum absolute atomic E-state index is 0.104. The molecule has 3 aromatic rings. The van der Waals surface area contributed by atoms with E-state index >= 15 is 0 Å². The maximum Gasteiger partial charge on any atom is 0.326 e. The molecule has 0 bridgehead atoms. The van der Waals surface area contributed by atoms with Crippen LogP contribution >= 0.6 is 0 Å². The first-order valence-electron chi connectivity index (χ1n) is 13.3. The summed E-state index contributed by atoms with van der Waals surface area (Å²) in [5, 5.41) is 12.3. The number of aliphatic carboxylic acids is 1. The van der Waals surface area contributed by atoms with Gasteiger partial charge in [0.05, 0.1) is 6.54 Å². The summed E-state index contributed by atoms with van der Waals surface area (Å²) in [6.45, 7) is 3.85. The quantitative estimate of drug-likeness (QED) is 0.373. The molecule has 7 nitrogen and oxygen atoms in total.